The van der Waals surface area contributed by atoms with Gasteiger partial charge in [-0.2, -0.15) is 0 Å². The zero-order valence-electron chi connectivity index (χ0n) is 19.4. The van der Waals surface area contributed by atoms with Crippen molar-refractivity contribution in [3.63, 3.8) is 0 Å². The van der Waals surface area contributed by atoms with E-state index in [9.17, 15) is 4.79 Å². The van der Waals surface area contributed by atoms with Crippen LogP contribution in [0.15, 0.2) is 75.2 Å². The fourth-order valence-electron chi connectivity index (χ4n) is 4.19. The molecule has 1 amide bonds. The molecular formula is C27H27N3O3S. The van der Waals surface area contributed by atoms with Gasteiger partial charge in [-0.05, 0) is 97.3 Å². The third-order valence-electron chi connectivity index (χ3n) is 6.09. The van der Waals surface area contributed by atoms with Gasteiger partial charge in [-0.1, -0.05) is 6.07 Å². The number of carbonyl (C=O) groups excluding carboxylic acids is 1. The van der Waals surface area contributed by atoms with E-state index >= 15 is 0 Å². The Morgan fingerprint density at radius 1 is 1.12 bits per heavy atom. The lowest BCUT2D eigenvalue weighted by Crippen LogP contribution is -2.28. The standard InChI is InChI=1S/C27H27N3O3S/c1-19-16-22(29-13-3-4-14-29)10-7-20(19)17-25-26(31)30(18-24-6-5-15-33-24)27(34-25)28-21-8-11-23(32-2)12-9-21/h5-12,15-17H,3-4,13-14,18H2,1-2H3/b25-17-,28-27?. The summed E-state index contributed by atoms with van der Waals surface area (Å²) in [5.41, 5.74) is 4.21. The minimum atomic E-state index is -0.0725. The van der Waals surface area contributed by atoms with E-state index in [-0.39, 0.29) is 5.91 Å². The maximum Gasteiger partial charge on any atom is 0.267 e. The molecule has 0 saturated carbocycles. The molecule has 3 heterocycles. The molecule has 2 fully saturated rings. The Morgan fingerprint density at radius 2 is 1.91 bits per heavy atom. The van der Waals surface area contributed by atoms with Crippen molar-refractivity contribution in [2.45, 2.75) is 26.3 Å². The smallest absolute Gasteiger partial charge is 0.267 e. The second-order valence-corrected chi connectivity index (χ2v) is 9.42. The number of ether oxygens (including phenoxy) is 1. The van der Waals surface area contributed by atoms with Gasteiger partial charge in [0.25, 0.3) is 5.91 Å². The number of amides is 1. The first-order chi connectivity index (χ1) is 16.6. The Balaban J connectivity index is 1.45. The van der Waals surface area contributed by atoms with E-state index in [0.29, 0.717) is 22.4 Å². The lowest BCUT2D eigenvalue weighted by atomic mass is 10.1. The number of anilines is 1. The van der Waals surface area contributed by atoms with Crippen molar-refractivity contribution in [2.75, 3.05) is 25.1 Å². The second kappa shape index (κ2) is 9.81. The number of benzene rings is 2. The van der Waals surface area contributed by atoms with Gasteiger partial charge >= 0.3 is 0 Å². The molecule has 0 atom stereocenters. The number of thioether (sulfide) groups is 1. The summed E-state index contributed by atoms with van der Waals surface area (Å²) in [6, 6.07) is 17.7. The molecule has 7 heteroatoms. The SMILES string of the molecule is COc1ccc(N=C2S/C(=C\c3ccc(N4CCCC4)cc3C)C(=O)N2Cc2ccco2)cc1. The molecule has 2 aliphatic heterocycles. The van der Waals surface area contributed by atoms with Crippen LogP contribution in [0.1, 0.15) is 29.7 Å². The van der Waals surface area contributed by atoms with Crippen LogP contribution in [0.2, 0.25) is 0 Å². The lowest BCUT2D eigenvalue weighted by molar-refractivity contribution is -0.122. The van der Waals surface area contributed by atoms with Gasteiger partial charge < -0.3 is 14.1 Å². The van der Waals surface area contributed by atoms with Crippen LogP contribution in [0.4, 0.5) is 11.4 Å². The third kappa shape index (κ3) is 4.75. The van der Waals surface area contributed by atoms with E-state index in [2.05, 4.69) is 30.0 Å². The number of carbonyl (C=O) groups is 1. The summed E-state index contributed by atoms with van der Waals surface area (Å²) in [6.45, 7) is 4.66. The van der Waals surface area contributed by atoms with Crippen molar-refractivity contribution >= 4 is 40.3 Å². The maximum absolute atomic E-state index is 13.4. The number of furan rings is 1. The summed E-state index contributed by atoms with van der Waals surface area (Å²) in [5.74, 6) is 1.40. The van der Waals surface area contributed by atoms with E-state index in [0.717, 1.165) is 35.7 Å². The van der Waals surface area contributed by atoms with Crippen molar-refractivity contribution in [2.24, 2.45) is 4.99 Å². The molecule has 2 aromatic carbocycles. The summed E-state index contributed by atoms with van der Waals surface area (Å²) in [4.78, 5) is 22.9. The van der Waals surface area contributed by atoms with Gasteiger partial charge in [0.05, 0.1) is 30.5 Å². The largest absolute Gasteiger partial charge is 0.497 e. The van der Waals surface area contributed by atoms with Crippen LogP contribution in [-0.4, -0.2) is 36.2 Å². The minimum Gasteiger partial charge on any atom is -0.497 e. The molecule has 0 spiro atoms. The zero-order valence-corrected chi connectivity index (χ0v) is 20.2. The molecule has 6 nitrogen and oxygen atoms in total. The molecule has 0 radical (unpaired) electrons. The highest BCUT2D eigenvalue weighted by Crippen LogP contribution is 2.36. The van der Waals surface area contributed by atoms with Crippen LogP contribution in [0.25, 0.3) is 6.08 Å². The summed E-state index contributed by atoms with van der Waals surface area (Å²) >= 11 is 1.39. The van der Waals surface area contributed by atoms with Gasteiger partial charge in [-0.25, -0.2) is 4.99 Å². The first-order valence-electron chi connectivity index (χ1n) is 11.4. The summed E-state index contributed by atoms with van der Waals surface area (Å²) in [5, 5.41) is 0.629. The van der Waals surface area contributed by atoms with Crippen LogP contribution >= 0.6 is 11.8 Å². The van der Waals surface area contributed by atoms with Gasteiger partial charge in [0, 0.05) is 18.8 Å². The number of nitrogens with zero attached hydrogens (tertiary/aromatic N) is 3. The van der Waals surface area contributed by atoms with Crippen molar-refractivity contribution in [3.8, 4) is 5.75 Å². The molecule has 34 heavy (non-hydrogen) atoms. The highest BCUT2D eigenvalue weighted by Gasteiger charge is 2.34. The van der Waals surface area contributed by atoms with Crippen LogP contribution < -0.4 is 9.64 Å². The first-order valence-corrected chi connectivity index (χ1v) is 12.2. The Bertz CT molecular complexity index is 1230. The van der Waals surface area contributed by atoms with Crippen LogP contribution in [0, 0.1) is 6.92 Å². The monoisotopic (exact) mass is 473 g/mol. The Kier molecular flexibility index (Phi) is 6.45. The normalized spacial score (nSPS) is 18.5. The van der Waals surface area contributed by atoms with Crippen LogP contribution in [-0.2, 0) is 11.3 Å². The predicted octanol–water partition coefficient (Wildman–Crippen LogP) is 6.00. The number of hydrogen-bond donors (Lipinski definition) is 0. The molecular weight excluding hydrogens is 446 g/mol. The van der Waals surface area contributed by atoms with Crippen molar-refractivity contribution in [1.82, 2.24) is 4.90 Å². The molecule has 1 aromatic heterocycles. The fourth-order valence-corrected chi connectivity index (χ4v) is 5.18. The molecule has 2 saturated heterocycles. The quantitative estimate of drug-likeness (QED) is 0.411. The van der Waals surface area contributed by atoms with Crippen molar-refractivity contribution in [1.29, 1.82) is 0 Å². The first kappa shape index (κ1) is 22.3. The Hall–Kier alpha value is -3.45. The van der Waals surface area contributed by atoms with E-state index in [1.165, 1.54) is 30.3 Å². The van der Waals surface area contributed by atoms with Crippen molar-refractivity contribution < 1.29 is 13.9 Å². The van der Waals surface area contributed by atoms with E-state index in [1.807, 2.05) is 42.5 Å². The molecule has 5 rings (SSSR count). The maximum atomic E-state index is 13.4. The molecule has 2 aliphatic rings. The number of hydrogen-bond acceptors (Lipinski definition) is 6. The van der Waals surface area contributed by atoms with Crippen LogP contribution in [0.3, 0.4) is 0 Å². The van der Waals surface area contributed by atoms with Gasteiger partial charge in [-0.15, -0.1) is 0 Å². The van der Waals surface area contributed by atoms with E-state index in [1.54, 1.807) is 18.3 Å². The topological polar surface area (TPSA) is 58.3 Å². The number of rotatable bonds is 6. The highest BCUT2D eigenvalue weighted by atomic mass is 32.2. The predicted molar refractivity (Wildman–Crippen MR) is 138 cm³/mol. The average Bonchev–Trinajstić information content (AvgIpc) is 3.61. The molecule has 174 valence electrons. The molecule has 3 aromatic rings. The van der Waals surface area contributed by atoms with Gasteiger partial charge in [0.2, 0.25) is 0 Å². The van der Waals surface area contributed by atoms with Gasteiger partial charge in [0.1, 0.15) is 11.5 Å². The second-order valence-electron chi connectivity index (χ2n) is 8.41. The van der Waals surface area contributed by atoms with Gasteiger partial charge in [-0.3, -0.25) is 9.69 Å². The highest BCUT2D eigenvalue weighted by molar-refractivity contribution is 8.18. The fraction of sp³-hybridized carbons (Fsp3) is 0.259. The lowest BCUT2D eigenvalue weighted by Gasteiger charge is -2.18. The van der Waals surface area contributed by atoms with Gasteiger partial charge in [0.15, 0.2) is 5.17 Å². The van der Waals surface area contributed by atoms with Crippen LogP contribution in [0.5, 0.6) is 5.75 Å². The Morgan fingerprint density at radius 3 is 2.59 bits per heavy atom. The van der Waals surface area contributed by atoms with Crippen molar-refractivity contribution in [3.05, 3.63) is 82.7 Å². The Labute approximate surface area is 203 Å². The number of aryl methyl sites for hydroxylation is 1. The number of methoxy groups -OCH3 is 1. The van der Waals surface area contributed by atoms with E-state index < -0.39 is 0 Å². The number of aliphatic imine (C=N–C) groups is 1. The average molecular weight is 474 g/mol. The summed E-state index contributed by atoms with van der Waals surface area (Å²) in [7, 11) is 1.63. The zero-order chi connectivity index (χ0) is 23.5. The minimum absolute atomic E-state index is 0.0725. The summed E-state index contributed by atoms with van der Waals surface area (Å²) in [6.07, 6.45) is 6.09. The number of amidine groups is 1. The van der Waals surface area contributed by atoms with E-state index in [4.69, 9.17) is 14.1 Å². The molecule has 0 aliphatic carbocycles. The molecule has 0 bridgehead atoms. The molecule has 0 unspecified atom stereocenters. The summed E-state index contributed by atoms with van der Waals surface area (Å²) < 4.78 is 10.7. The third-order valence-corrected chi connectivity index (χ3v) is 7.10. The molecule has 0 N–H and O–H groups in total.